The van der Waals surface area contributed by atoms with Crippen LogP contribution in [-0.4, -0.2) is 18.2 Å². The second-order valence-electron chi connectivity index (χ2n) is 5.13. The Hall–Kier alpha value is -2.69. The molecule has 0 unspecified atom stereocenters. The van der Waals surface area contributed by atoms with Crippen molar-refractivity contribution in [3.05, 3.63) is 53.1 Å². The van der Waals surface area contributed by atoms with E-state index in [2.05, 4.69) is 10.6 Å². The van der Waals surface area contributed by atoms with Gasteiger partial charge in [-0.25, -0.2) is 4.79 Å². The van der Waals surface area contributed by atoms with E-state index in [0.717, 1.165) is 22.4 Å². The van der Waals surface area contributed by atoms with Crippen LogP contribution in [0, 0.1) is 13.8 Å². The van der Waals surface area contributed by atoms with E-state index in [1.165, 1.54) is 13.2 Å². The summed E-state index contributed by atoms with van der Waals surface area (Å²) >= 11 is 0. The average molecular weight is 300 g/mol. The van der Waals surface area contributed by atoms with Gasteiger partial charge in [-0.3, -0.25) is 0 Å². The molecule has 0 aromatic heterocycles. The molecule has 0 heterocycles. The van der Waals surface area contributed by atoms with Crippen molar-refractivity contribution in [3.8, 4) is 11.5 Å². The highest BCUT2D eigenvalue weighted by atomic mass is 16.5. The van der Waals surface area contributed by atoms with E-state index in [0.29, 0.717) is 12.3 Å². The number of anilines is 1. The Morgan fingerprint density at radius 2 is 1.95 bits per heavy atom. The molecule has 22 heavy (non-hydrogen) atoms. The first-order chi connectivity index (χ1) is 10.5. The largest absolute Gasteiger partial charge is 0.504 e. The number of hydrogen-bond acceptors (Lipinski definition) is 3. The Labute approximate surface area is 129 Å². The van der Waals surface area contributed by atoms with Crippen LogP contribution in [0.15, 0.2) is 36.4 Å². The third-order valence-electron chi connectivity index (χ3n) is 3.33. The van der Waals surface area contributed by atoms with Gasteiger partial charge in [-0.1, -0.05) is 23.8 Å². The van der Waals surface area contributed by atoms with E-state index < -0.39 is 0 Å². The Morgan fingerprint density at radius 1 is 1.18 bits per heavy atom. The topological polar surface area (TPSA) is 70.6 Å². The Morgan fingerprint density at radius 3 is 2.64 bits per heavy atom. The van der Waals surface area contributed by atoms with E-state index in [1.807, 2.05) is 32.0 Å². The maximum Gasteiger partial charge on any atom is 0.319 e. The van der Waals surface area contributed by atoms with Crippen LogP contribution in [0.2, 0.25) is 0 Å². The summed E-state index contributed by atoms with van der Waals surface area (Å²) in [6.07, 6.45) is 0. The Kier molecular flexibility index (Phi) is 4.88. The fourth-order valence-electron chi connectivity index (χ4n) is 2.13. The minimum Gasteiger partial charge on any atom is -0.504 e. The zero-order chi connectivity index (χ0) is 16.1. The normalized spacial score (nSPS) is 10.1. The number of phenolic OH excluding ortho intramolecular Hbond substituents is 1. The number of aryl methyl sites for hydroxylation is 2. The van der Waals surface area contributed by atoms with E-state index in [1.54, 1.807) is 12.1 Å². The van der Waals surface area contributed by atoms with Crippen LogP contribution in [0.25, 0.3) is 0 Å². The monoisotopic (exact) mass is 300 g/mol. The van der Waals surface area contributed by atoms with Crippen LogP contribution in [0.1, 0.15) is 16.7 Å². The molecule has 2 aromatic carbocycles. The molecular formula is C17H20N2O3. The molecule has 0 saturated heterocycles. The molecule has 2 aromatic rings. The number of carbonyl (C=O) groups is 1. The van der Waals surface area contributed by atoms with Gasteiger partial charge in [-0.05, 0) is 43.2 Å². The number of hydrogen-bond donors (Lipinski definition) is 3. The molecule has 3 N–H and O–H groups in total. The van der Waals surface area contributed by atoms with Crippen molar-refractivity contribution in [2.24, 2.45) is 0 Å². The van der Waals surface area contributed by atoms with Crippen molar-refractivity contribution < 1.29 is 14.6 Å². The van der Waals surface area contributed by atoms with Gasteiger partial charge in [0.2, 0.25) is 0 Å². The van der Waals surface area contributed by atoms with Crippen molar-refractivity contribution in [3.63, 3.8) is 0 Å². The van der Waals surface area contributed by atoms with Crippen LogP contribution in [-0.2, 0) is 6.54 Å². The van der Waals surface area contributed by atoms with Gasteiger partial charge >= 0.3 is 6.03 Å². The predicted octanol–water partition coefficient (Wildman–Crippen LogP) is 3.34. The highest BCUT2D eigenvalue weighted by Crippen LogP contribution is 2.26. The van der Waals surface area contributed by atoms with Gasteiger partial charge in [0.25, 0.3) is 0 Å². The van der Waals surface area contributed by atoms with Crippen molar-refractivity contribution in [2.75, 3.05) is 12.4 Å². The fourth-order valence-corrected chi connectivity index (χ4v) is 2.13. The first-order valence-corrected chi connectivity index (χ1v) is 6.97. The zero-order valence-electron chi connectivity index (χ0n) is 12.9. The minimum absolute atomic E-state index is 0.0750. The maximum absolute atomic E-state index is 11.9. The van der Waals surface area contributed by atoms with Gasteiger partial charge in [0.05, 0.1) is 7.11 Å². The quantitative estimate of drug-likeness (QED) is 0.811. The molecule has 2 rings (SSSR count). The number of rotatable bonds is 4. The predicted molar refractivity (Wildman–Crippen MR) is 86.4 cm³/mol. The molecule has 5 nitrogen and oxygen atoms in total. The van der Waals surface area contributed by atoms with E-state index >= 15 is 0 Å². The van der Waals surface area contributed by atoms with Gasteiger partial charge in [0.15, 0.2) is 11.5 Å². The lowest BCUT2D eigenvalue weighted by Gasteiger charge is -2.11. The molecule has 0 radical (unpaired) electrons. The number of nitrogens with one attached hydrogen (secondary N) is 2. The van der Waals surface area contributed by atoms with E-state index in [-0.39, 0.29) is 11.8 Å². The number of ether oxygens (including phenoxy) is 1. The lowest BCUT2D eigenvalue weighted by atomic mass is 10.1. The summed E-state index contributed by atoms with van der Waals surface area (Å²) in [6.45, 7) is 4.30. The molecule has 0 fully saturated rings. The minimum atomic E-state index is -0.279. The lowest BCUT2D eigenvalue weighted by Crippen LogP contribution is -2.28. The van der Waals surface area contributed by atoms with Crippen molar-refractivity contribution in [1.29, 1.82) is 0 Å². The number of aromatic hydroxyl groups is 1. The molecule has 0 atom stereocenters. The van der Waals surface area contributed by atoms with Crippen LogP contribution in [0.5, 0.6) is 11.5 Å². The molecule has 116 valence electrons. The van der Waals surface area contributed by atoms with Crippen molar-refractivity contribution in [2.45, 2.75) is 20.4 Å². The maximum atomic E-state index is 11.9. The molecule has 0 aliphatic heterocycles. The van der Waals surface area contributed by atoms with Gasteiger partial charge in [0.1, 0.15) is 0 Å². The Bertz CT molecular complexity index is 684. The second-order valence-corrected chi connectivity index (χ2v) is 5.13. The molecule has 0 saturated carbocycles. The van der Waals surface area contributed by atoms with Crippen molar-refractivity contribution >= 4 is 11.7 Å². The summed E-state index contributed by atoms with van der Waals surface area (Å²) in [5, 5.41) is 15.1. The third-order valence-corrected chi connectivity index (χ3v) is 3.33. The SMILES string of the molecule is COc1cc(CNC(=O)Nc2ccc(C)cc2C)ccc1O. The standard InChI is InChI=1S/C17H20N2O3/c1-11-4-6-14(12(2)8-11)19-17(21)18-10-13-5-7-15(20)16(9-13)22-3/h4-9,20H,10H2,1-3H3,(H2,18,19,21). The lowest BCUT2D eigenvalue weighted by molar-refractivity contribution is 0.251. The van der Waals surface area contributed by atoms with Gasteiger partial charge in [-0.2, -0.15) is 0 Å². The van der Waals surface area contributed by atoms with Gasteiger partial charge in [-0.15, -0.1) is 0 Å². The summed E-state index contributed by atoms with van der Waals surface area (Å²) in [7, 11) is 1.49. The molecule has 0 aliphatic carbocycles. The van der Waals surface area contributed by atoms with Crippen LogP contribution < -0.4 is 15.4 Å². The smallest absolute Gasteiger partial charge is 0.319 e. The highest BCUT2D eigenvalue weighted by molar-refractivity contribution is 5.90. The number of phenols is 1. The molecular weight excluding hydrogens is 280 g/mol. The fraction of sp³-hybridized carbons (Fsp3) is 0.235. The van der Waals surface area contributed by atoms with Crippen LogP contribution >= 0.6 is 0 Å². The van der Waals surface area contributed by atoms with E-state index in [4.69, 9.17) is 4.74 Å². The van der Waals surface area contributed by atoms with Gasteiger partial charge in [0, 0.05) is 12.2 Å². The average Bonchev–Trinajstić information content (AvgIpc) is 2.49. The third kappa shape index (κ3) is 3.91. The first-order valence-electron chi connectivity index (χ1n) is 6.97. The van der Waals surface area contributed by atoms with E-state index in [9.17, 15) is 9.90 Å². The number of carbonyl (C=O) groups excluding carboxylic acids is 1. The summed E-state index contributed by atoms with van der Waals surface area (Å²) in [5.74, 6) is 0.458. The number of benzene rings is 2. The van der Waals surface area contributed by atoms with Crippen molar-refractivity contribution in [1.82, 2.24) is 5.32 Å². The first kappa shape index (κ1) is 15.7. The molecule has 0 bridgehead atoms. The second kappa shape index (κ2) is 6.85. The summed E-state index contributed by atoms with van der Waals surface area (Å²) < 4.78 is 5.04. The van der Waals surface area contributed by atoms with Gasteiger partial charge < -0.3 is 20.5 Å². The number of urea groups is 1. The Balaban J connectivity index is 1.95. The highest BCUT2D eigenvalue weighted by Gasteiger charge is 2.06. The van der Waals surface area contributed by atoms with Crippen LogP contribution in [0.4, 0.5) is 10.5 Å². The number of amides is 2. The molecule has 0 spiro atoms. The molecule has 0 aliphatic rings. The van der Waals surface area contributed by atoms with Crippen LogP contribution in [0.3, 0.4) is 0 Å². The summed E-state index contributed by atoms with van der Waals surface area (Å²) in [4.78, 5) is 11.9. The summed E-state index contributed by atoms with van der Waals surface area (Å²) in [6, 6.07) is 10.5. The zero-order valence-corrected chi connectivity index (χ0v) is 12.9. The number of methoxy groups -OCH3 is 1. The molecule has 5 heteroatoms. The summed E-state index contributed by atoms with van der Waals surface area (Å²) in [5.41, 5.74) is 3.79. The molecule has 2 amide bonds.